The Morgan fingerprint density at radius 2 is 1.70 bits per heavy atom. The van der Waals surface area contributed by atoms with Crippen LogP contribution in [0, 0.1) is 0 Å². The normalized spacial score (nSPS) is 23.5. The minimum atomic E-state index is -0.314. The number of nitrogens with one attached hydrogen (secondary N) is 1. The molecule has 5 nitrogen and oxygen atoms in total. The Labute approximate surface area is 164 Å². The van der Waals surface area contributed by atoms with E-state index in [9.17, 15) is 9.90 Å². The molecule has 0 atom stereocenters. The van der Waals surface area contributed by atoms with Gasteiger partial charge < -0.3 is 10.4 Å². The van der Waals surface area contributed by atoms with Crippen molar-refractivity contribution < 1.29 is 5.11 Å². The van der Waals surface area contributed by atoms with Gasteiger partial charge in [0, 0.05) is 6.04 Å². The fourth-order valence-corrected chi connectivity index (χ4v) is 4.49. The number of aliphatic hydroxyl groups is 1. The maximum Gasteiger partial charge on any atom is 0.292 e. The monoisotopic (exact) mass is 387 g/mol. The molecule has 4 rings (SSSR count). The van der Waals surface area contributed by atoms with Gasteiger partial charge >= 0.3 is 0 Å². The van der Waals surface area contributed by atoms with E-state index < -0.39 is 0 Å². The Balaban J connectivity index is 1.52. The first-order valence-corrected chi connectivity index (χ1v) is 10.3. The van der Waals surface area contributed by atoms with Crippen LogP contribution >= 0.6 is 11.6 Å². The molecular weight excluding hydrogens is 362 g/mol. The van der Waals surface area contributed by atoms with E-state index in [-0.39, 0.29) is 22.7 Å². The largest absolute Gasteiger partial charge is 0.393 e. The molecule has 0 spiro atoms. The van der Waals surface area contributed by atoms with E-state index in [0.717, 1.165) is 31.4 Å². The van der Waals surface area contributed by atoms with Crippen LogP contribution in [-0.4, -0.2) is 27.0 Å². The molecular formula is C21H26ClN3O2. The number of halogens is 1. The first-order valence-electron chi connectivity index (χ1n) is 9.94. The Bertz CT molecular complexity index is 835. The van der Waals surface area contributed by atoms with Crippen molar-refractivity contribution >= 4 is 17.3 Å². The molecule has 2 saturated carbocycles. The second-order valence-electron chi connectivity index (χ2n) is 7.81. The smallest absolute Gasteiger partial charge is 0.292 e. The highest BCUT2D eigenvalue weighted by Gasteiger charge is 2.21. The van der Waals surface area contributed by atoms with Crippen LogP contribution in [0.1, 0.15) is 62.8 Å². The van der Waals surface area contributed by atoms with Crippen LogP contribution in [0.25, 0.3) is 5.69 Å². The van der Waals surface area contributed by atoms with Crippen LogP contribution in [0.3, 0.4) is 0 Å². The fourth-order valence-electron chi connectivity index (χ4n) is 4.30. The SMILES string of the molecule is O=c1c(Cl)c(N[C@H]2CC[C@@H](O)CC2)cnn1-c1ccc(C2CCCC2)cc1. The quantitative estimate of drug-likeness (QED) is 0.822. The van der Waals surface area contributed by atoms with E-state index in [1.54, 1.807) is 6.20 Å². The summed E-state index contributed by atoms with van der Waals surface area (Å²) in [4.78, 5) is 12.7. The lowest BCUT2D eigenvalue weighted by Gasteiger charge is -2.27. The molecule has 0 radical (unpaired) electrons. The van der Waals surface area contributed by atoms with Crippen LogP contribution < -0.4 is 10.9 Å². The molecule has 0 amide bonds. The lowest BCUT2D eigenvalue weighted by atomic mass is 9.93. The third-order valence-corrected chi connectivity index (χ3v) is 6.30. The highest BCUT2D eigenvalue weighted by molar-refractivity contribution is 6.32. The molecule has 2 fully saturated rings. The second-order valence-corrected chi connectivity index (χ2v) is 8.19. The first kappa shape index (κ1) is 18.5. The fraction of sp³-hybridized carbons (Fsp3) is 0.524. The van der Waals surface area contributed by atoms with Gasteiger partial charge in [0.1, 0.15) is 5.02 Å². The Morgan fingerprint density at radius 1 is 1.04 bits per heavy atom. The molecule has 6 heteroatoms. The van der Waals surface area contributed by atoms with Gasteiger partial charge in [0.05, 0.1) is 23.7 Å². The van der Waals surface area contributed by atoms with Gasteiger partial charge in [0.25, 0.3) is 5.56 Å². The molecule has 0 saturated heterocycles. The van der Waals surface area contributed by atoms with Gasteiger partial charge in [-0.15, -0.1) is 0 Å². The predicted molar refractivity (Wildman–Crippen MR) is 108 cm³/mol. The van der Waals surface area contributed by atoms with E-state index in [2.05, 4.69) is 22.5 Å². The average molecular weight is 388 g/mol. The van der Waals surface area contributed by atoms with Crippen LogP contribution in [0.2, 0.25) is 5.02 Å². The lowest BCUT2D eigenvalue weighted by molar-refractivity contribution is 0.126. The van der Waals surface area contributed by atoms with Crippen molar-refractivity contribution in [3.8, 4) is 5.69 Å². The zero-order valence-corrected chi connectivity index (χ0v) is 16.2. The van der Waals surface area contributed by atoms with E-state index in [0.29, 0.717) is 11.6 Å². The second kappa shape index (κ2) is 8.03. The number of rotatable bonds is 4. The van der Waals surface area contributed by atoms with Gasteiger partial charge in [-0.3, -0.25) is 4.79 Å². The minimum absolute atomic E-state index is 0.163. The molecule has 2 aliphatic carbocycles. The van der Waals surface area contributed by atoms with E-state index in [1.807, 2.05) is 12.1 Å². The van der Waals surface area contributed by atoms with Crippen LogP contribution in [0.15, 0.2) is 35.3 Å². The number of hydrogen-bond donors (Lipinski definition) is 2. The Hall–Kier alpha value is -1.85. The predicted octanol–water partition coefficient (Wildman–Crippen LogP) is 4.26. The maximum absolute atomic E-state index is 12.7. The average Bonchev–Trinajstić information content (AvgIpc) is 3.22. The number of benzene rings is 1. The van der Waals surface area contributed by atoms with Crippen LogP contribution in [0.5, 0.6) is 0 Å². The lowest BCUT2D eigenvalue weighted by Crippen LogP contribution is -2.30. The molecule has 1 heterocycles. The molecule has 2 N–H and O–H groups in total. The van der Waals surface area contributed by atoms with Crippen molar-refractivity contribution in [2.45, 2.75) is 69.4 Å². The molecule has 144 valence electrons. The molecule has 27 heavy (non-hydrogen) atoms. The van der Waals surface area contributed by atoms with Crippen molar-refractivity contribution in [2.75, 3.05) is 5.32 Å². The Morgan fingerprint density at radius 3 is 2.37 bits per heavy atom. The standard InChI is InChI=1S/C21H26ClN3O2/c22-20-19(24-16-7-11-18(26)12-8-16)13-23-25(21(20)27)17-9-5-15(6-10-17)14-3-1-2-4-14/h5-6,9-10,13-14,16,18,24,26H,1-4,7-8,11-12H2/t16-,18+. The highest BCUT2D eigenvalue weighted by Crippen LogP contribution is 2.34. The molecule has 1 aromatic heterocycles. The van der Waals surface area contributed by atoms with Gasteiger partial charge in [0.2, 0.25) is 0 Å². The van der Waals surface area contributed by atoms with Crippen molar-refractivity contribution in [3.63, 3.8) is 0 Å². The molecule has 0 bridgehead atoms. The zero-order valence-electron chi connectivity index (χ0n) is 15.4. The highest BCUT2D eigenvalue weighted by atomic mass is 35.5. The third kappa shape index (κ3) is 4.04. The molecule has 1 aromatic carbocycles. The summed E-state index contributed by atoms with van der Waals surface area (Å²) < 4.78 is 1.36. The van der Waals surface area contributed by atoms with Gasteiger partial charge in [-0.05, 0) is 62.1 Å². The summed E-state index contributed by atoms with van der Waals surface area (Å²) in [5.74, 6) is 0.646. The van der Waals surface area contributed by atoms with Crippen LogP contribution in [0.4, 0.5) is 5.69 Å². The van der Waals surface area contributed by atoms with Gasteiger partial charge in [-0.25, -0.2) is 0 Å². The molecule has 2 aromatic rings. The van der Waals surface area contributed by atoms with E-state index in [1.165, 1.54) is 35.9 Å². The van der Waals surface area contributed by atoms with Crippen molar-refractivity contribution in [1.29, 1.82) is 0 Å². The van der Waals surface area contributed by atoms with Gasteiger partial charge in [-0.1, -0.05) is 36.6 Å². The van der Waals surface area contributed by atoms with Crippen molar-refractivity contribution in [1.82, 2.24) is 9.78 Å². The summed E-state index contributed by atoms with van der Waals surface area (Å²) in [5.41, 5.74) is 2.33. The van der Waals surface area contributed by atoms with E-state index in [4.69, 9.17) is 11.6 Å². The zero-order chi connectivity index (χ0) is 18.8. The topological polar surface area (TPSA) is 67.2 Å². The van der Waals surface area contributed by atoms with Crippen LogP contribution in [-0.2, 0) is 0 Å². The third-order valence-electron chi connectivity index (χ3n) is 5.94. The number of aliphatic hydroxyl groups excluding tert-OH is 1. The molecule has 0 aliphatic heterocycles. The summed E-state index contributed by atoms with van der Waals surface area (Å²) in [7, 11) is 0. The number of anilines is 1. The van der Waals surface area contributed by atoms with Gasteiger partial charge in [0.15, 0.2) is 0 Å². The van der Waals surface area contributed by atoms with E-state index >= 15 is 0 Å². The maximum atomic E-state index is 12.7. The summed E-state index contributed by atoms with van der Waals surface area (Å²) in [6, 6.07) is 8.33. The number of hydrogen-bond acceptors (Lipinski definition) is 4. The first-order chi connectivity index (χ1) is 13.1. The molecule has 0 unspecified atom stereocenters. The summed E-state index contributed by atoms with van der Waals surface area (Å²) in [6.45, 7) is 0. The summed E-state index contributed by atoms with van der Waals surface area (Å²) in [6.07, 6.45) is 9.79. The number of nitrogens with zero attached hydrogens (tertiary/aromatic N) is 2. The molecule has 2 aliphatic rings. The number of aromatic nitrogens is 2. The Kier molecular flexibility index (Phi) is 5.50. The summed E-state index contributed by atoms with van der Waals surface area (Å²) >= 11 is 6.35. The van der Waals surface area contributed by atoms with Crippen molar-refractivity contribution in [3.05, 3.63) is 51.4 Å². The minimum Gasteiger partial charge on any atom is -0.393 e. The summed E-state index contributed by atoms with van der Waals surface area (Å²) in [5, 5.41) is 17.4. The van der Waals surface area contributed by atoms with Crippen molar-refractivity contribution in [2.24, 2.45) is 0 Å². The van der Waals surface area contributed by atoms with Gasteiger partial charge in [-0.2, -0.15) is 9.78 Å².